The normalized spacial score (nSPS) is 12.0. The lowest BCUT2D eigenvalue weighted by atomic mass is 10.2. The van der Waals surface area contributed by atoms with Gasteiger partial charge in [-0.25, -0.2) is 4.39 Å². The summed E-state index contributed by atoms with van der Waals surface area (Å²) in [4.78, 5) is 13.1. The van der Waals surface area contributed by atoms with Gasteiger partial charge >= 0.3 is 0 Å². The quantitative estimate of drug-likeness (QED) is 0.848. The predicted molar refractivity (Wildman–Crippen MR) is 84.7 cm³/mol. The summed E-state index contributed by atoms with van der Waals surface area (Å²) in [5.41, 5.74) is 1.69. The molecular weight excluding hydrogens is 285 g/mol. The maximum atomic E-state index is 13.5. The number of halogens is 1. The minimum Gasteiger partial charge on any atom is -0.351 e. The van der Waals surface area contributed by atoms with Gasteiger partial charge in [0, 0.05) is 17.0 Å². The molecule has 0 radical (unpaired) electrons. The van der Waals surface area contributed by atoms with Gasteiger partial charge in [-0.1, -0.05) is 35.9 Å². The van der Waals surface area contributed by atoms with Crippen LogP contribution in [0.1, 0.15) is 18.1 Å². The Bertz CT molecular complexity index is 612. The molecule has 0 spiro atoms. The average molecular weight is 303 g/mol. The summed E-state index contributed by atoms with van der Waals surface area (Å²) >= 11 is 1.49. The van der Waals surface area contributed by atoms with E-state index in [1.807, 2.05) is 38.1 Å². The summed E-state index contributed by atoms with van der Waals surface area (Å²) in [6.07, 6.45) is 0. The van der Waals surface area contributed by atoms with Gasteiger partial charge in [0.1, 0.15) is 5.82 Å². The lowest BCUT2D eigenvalue weighted by molar-refractivity contribution is -0.120. The summed E-state index contributed by atoms with van der Waals surface area (Å²) in [5, 5.41) is 2.55. The Balaban J connectivity index is 1.88. The second-order valence-electron chi connectivity index (χ2n) is 4.88. The second kappa shape index (κ2) is 7.27. The van der Waals surface area contributed by atoms with Crippen LogP contribution in [0.5, 0.6) is 0 Å². The number of carbonyl (C=O) groups excluding carboxylic acids is 1. The molecule has 0 aliphatic heterocycles. The maximum Gasteiger partial charge on any atom is 0.233 e. The van der Waals surface area contributed by atoms with Crippen molar-refractivity contribution in [1.29, 1.82) is 0 Å². The highest BCUT2D eigenvalue weighted by Gasteiger charge is 2.14. The monoisotopic (exact) mass is 303 g/mol. The molecule has 4 heteroatoms. The molecule has 1 atom stereocenters. The van der Waals surface area contributed by atoms with E-state index in [4.69, 9.17) is 0 Å². The number of aryl methyl sites for hydroxylation is 1. The minimum absolute atomic E-state index is 0.0937. The van der Waals surface area contributed by atoms with E-state index in [1.54, 1.807) is 18.2 Å². The fourth-order valence-electron chi connectivity index (χ4n) is 1.84. The Morgan fingerprint density at radius 2 is 1.86 bits per heavy atom. The van der Waals surface area contributed by atoms with Crippen LogP contribution in [0.15, 0.2) is 53.4 Å². The van der Waals surface area contributed by atoms with E-state index in [0.29, 0.717) is 5.56 Å². The van der Waals surface area contributed by atoms with Gasteiger partial charge in [0.2, 0.25) is 5.91 Å². The van der Waals surface area contributed by atoms with Gasteiger partial charge in [-0.3, -0.25) is 4.79 Å². The fourth-order valence-corrected chi connectivity index (χ4v) is 2.73. The zero-order valence-corrected chi connectivity index (χ0v) is 12.9. The summed E-state index contributed by atoms with van der Waals surface area (Å²) in [6, 6.07) is 14.5. The number of carbonyl (C=O) groups is 1. The molecule has 2 rings (SSSR count). The third-order valence-corrected chi connectivity index (χ3v) is 4.23. The molecule has 21 heavy (non-hydrogen) atoms. The highest BCUT2D eigenvalue weighted by Crippen LogP contribution is 2.23. The number of thioether (sulfide) groups is 1. The molecule has 0 unspecified atom stereocenters. The molecule has 0 aliphatic rings. The number of hydrogen-bond acceptors (Lipinski definition) is 2. The SMILES string of the molecule is Cc1ccc(S[C@H](C)C(=O)NCc2ccccc2F)cc1. The van der Waals surface area contributed by atoms with Gasteiger partial charge in [-0.05, 0) is 32.0 Å². The Hall–Kier alpha value is -1.81. The molecule has 0 fully saturated rings. The van der Waals surface area contributed by atoms with E-state index in [0.717, 1.165) is 4.90 Å². The van der Waals surface area contributed by atoms with E-state index >= 15 is 0 Å². The van der Waals surface area contributed by atoms with Crippen LogP contribution < -0.4 is 5.32 Å². The number of amides is 1. The summed E-state index contributed by atoms with van der Waals surface area (Å²) < 4.78 is 13.5. The predicted octanol–water partition coefficient (Wildman–Crippen LogP) is 3.93. The lowest BCUT2D eigenvalue weighted by Gasteiger charge is -2.12. The Kier molecular flexibility index (Phi) is 5.39. The van der Waals surface area contributed by atoms with Crippen molar-refractivity contribution in [3.8, 4) is 0 Å². The van der Waals surface area contributed by atoms with Gasteiger partial charge in [0.05, 0.1) is 5.25 Å². The van der Waals surface area contributed by atoms with Gasteiger partial charge in [-0.15, -0.1) is 11.8 Å². The number of rotatable bonds is 5. The smallest absolute Gasteiger partial charge is 0.233 e. The maximum absolute atomic E-state index is 13.5. The molecule has 0 saturated heterocycles. The molecule has 0 aromatic heterocycles. The molecule has 110 valence electrons. The molecule has 0 bridgehead atoms. The van der Waals surface area contributed by atoms with Crippen molar-refractivity contribution in [2.45, 2.75) is 30.5 Å². The van der Waals surface area contributed by atoms with Crippen LogP contribution in [0.2, 0.25) is 0 Å². The van der Waals surface area contributed by atoms with Crippen LogP contribution in [0.4, 0.5) is 4.39 Å². The van der Waals surface area contributed by atoms with Crippen LogP contribution in [-0.2, 0) is 11.3 Å². The Morgan fingerprint density at radius 3 is 2.52 bits per heavy atom. The van der Waals surface area contributed by atoms with Crippen molar-refractivity contribution in [3.05, 3.63) is 65.5 Å². The Labute approximate surface area is 128 Å². The van der Waals surface area contributed by atoms with Crippen LogP contribution >= 0.6 is 11.8 Å². The Morgan fingerprint density at radius 1 is 1.19 bits per heavy atom. The first-order valence-electron chi connectivity index (χ1n) is 6.80. The van der Waals surface area contributed by atoms with Crippen LogP contribution in [0, 0.1) is 12.7 Å². The van der Waals surface area contributed by atoms with Gasteiger partial charge < -0.3 is 5.32 Å². The van der Waals surface area contributed by atoms with Crippen molar-refractivity contribution >= 4 is 17.7 Å². The van der Waals surface area contributed by atoms with Crippen molar-refractivity contribution in [3.63, 3.8) is 0 Å². The van der Waals surface area contributed by atoms with Crippen molar-refractivity contribution < 1.29 is 9.18 Å². The largest absolute Gasteiger partial charge is 0.351 e. The first-order chi connectivity index (χ1) is 10.1. The summed E-state index contributed by atoms with van der Waals surface area (Å²) in [5.74, 6) is -0.388. The second-order valence-corrected chi connectivity index (χ2v) is 6.30. The summed E-state index contributed by atoms with van der Waals surface area (Å²) in [7, 11) is 0. The standard InChI is InChI=1S/C17H18FNOS/c1-12-7-9-15(10-8-12)21-13(2)17(20)19-11-14-5-3-4-6-16(14)18/h3-10,13H,11H2,1-2H3,(H,19,20)/t13-/m1/s1. The minimum atomic E-state index is -0.295. The van der Waals surface area contributed by atoms with Crippen LogP contribution in [0.25, 0.3) is 0 Å². The van der Waals surface area contributed by atoms with E-state index in [9.17, 15) is 9.18 Å². The number of nitrogens with one attached hydrogen (secondary N) is 1. The van der Waals surface area contributed by atoms with E-state index in [1.165, 1.54) is 23.4 Å². The average Bonchev–Trinajstić information content (AvgIpc) is 2.48. The lowest BCUT2D eigenvalue weighted by Crippen LogP contribution is -2.30. The van der Waals surface area contributed by atoms with Gasteiger partial charge in [0.15, 0.2) is 0 Å². The van der Waals surface area contributed by atoms with Crippen molar-refractivity contribution in [2.75, 3.05) is 0 Å². The highest BCUT2D eigenvalue weighted by atomic mass is 32.2. The molecule has 2 aromatic rings. The topological polar surface area (TPSA) is 29.1 Å². The first-order valence-corrected chi connectivity index (χ1v) is 7.68. The molecule has 1 N–H and O–H groups in total. The molecular formula is C17H18FNOS. The third kappa shape index (κ3) is 4.60. The summed E-state index contributed by atoms with van der Waals surface area (Å²) in [6.45, 7) is 4.09. The van der Waals surface area contributed by atoms with Crippen molar-refractivity contribution in [1.82, 2.24) is 5.32 Å². The number of hydrogen-bond donors (Lipinski definition) is 1. The highest BCUT2D eigenvalue weighted by molar-refractivity contribution is 8.00. The van der Waals surface area contributed by atoms with Crippen molar-refractivity contribution in [2.24, 2.45) is 0 Å². The van der Waals surface area contributed by atoms with Gasteiger partial charge in [-0.2, -0.15) is 0 Å². The molecule has 0 saturated carbocycles. The zero-order chi connectivity index (χ0) is 15.2. The van der Waals surface area contributed by atoms with E-state index < -0.39 is 0 Å². The van der Waals surface area contributed by atoms with Crippen LogP contribution in [-0.4, -0.2) is 11.2 Å². The van der Waals surface area contributed by atoms with Gasteiger partial charge in [0.25, 0.3) is 0 Å². The third-order valence-electron chi connectivity index (χ3n) is 3.11. The fraction of sp³-hybridized carbons (Fsp3) is 0.235. The van der Waals surface area contributed by atoms with E-state index in [2.05, 4.69) is 5.32 Å². The zero-order valence-electron chi connectivity index (χ0n) is 12.1. The molecule has 2 aromatic carbocycles. The van der Waals surface area contributed by atoms with Crippen LogP contribution in [0.3, 0.4) is 0 Å². The number of benzene rings is 2. The first kappa shape index (κ1) is 15.6. The molecule has 0 aliphatic carbocycles. The molecule has 1 amide bonds. The molecule has 2 nitrogen and oxygen atoms in total. The van der Waals surface area contributed by atoms with E-state index in [-0.39, 0.29) is 23.5 Å². The molecule has 0 heterocycles.